The Bertz CT molecular complexity index is 138. The first kappa shape index (κ1) is 11.9. The highest BCUT2D eigenvalue weighted by Crippen LogP contribution is 2.02. The van der Waals surface area contributed by atoms with E-state index in [2.05, 4.69) is 10.2 Å². The Morgan fingerprint density at radius 2 is 1.93 bits per heavy atom. The SMILES string of the molecule is OCC(O)CCCCN1CCNCC1. The molecule has 4 nitrogen and oxygen atoms in total. The molecule has 0 amide bonds. The molecule has 1 atom stereocenters. The first-order chi connectivity index (χ1) is 6.83. The van der Waals surface area contributed by atoms with E-state index < -0.39 is 6.10 Å². The summed E-state index contributed by atoms with van der Waals surface area (Å²) in [5.74, 6) is 0. The van der Waals surface area contributed by atoms with Gasteiger partial charge in [0.25, 0.3) is 0 Å². The Labute approximate surface area is 85.9 Å². The van der Waals surface area contributed by atoms with Gasteiger partial charge < -0.3 is 20.4 Å². The van der Waals surface area contributed by atoms with Crippen LogP contribution >= 0.6 is 0 Å². The van der Waals surface area contributed by atoms with Crippen molar-refractivity contribution in [1.29, 1.82) is 0 Å². The van der Waals surface area contributed by atoms with Crippen molar-refractivity contribution in [3.63, 3.8) is 0 Å². The molecule has 1 aliphatic heterocycles. The maximum Gasteiger partial charge on any atom is 0.0770 e. The minimum Gasteiger partial charge on any atom is -0.394 e. The molecule has 0 aromatic heterocycles. The summed E-state index contributed by atoms with van der Waals surface area (Å²) in [4.78, 5) is 2.45. The lowest BCUT2D eigenvalue weighted by Gasteiger charge is -2.27. The summed E-state index contributed by atoms with van der Waals surface area (Å²) in [5, 5.41) is 21.1. The Morgan fingerprint density at radius 1 is 1.21 bits per heavy atom. The zero-order valence-electron chi connectivity index (χ0n) is 8.78. The third kappa shape index (κ3) is 4.91. The van der Waals surface area contributed by atoms with Crippen molar-refractivity contribution in [3.8, 4) is 0 Å². The molecule has 1 aliphatic rings. The number of aliphatic hydroxyl groups excluding tert-OH is 2. The molecule has 1 fully saturated rings. The van der Waals surface area contributed by atoms with Gasteiger partial charge in [0.2, 0.25) is 0 Å². The second kappa shape index (κ2) is 7.17. The lowest BCUT2D eigenvalue weighted by atomic mass is 10.1. The van der Waals surface area contributed by atoms with E-state index in [1.165, 1.54) is 0 Å². The summed E-state index contributed by atoms with van der Waals surface area (Å²) in [6.07, 6.45) is 2.34. The quantitative estimate of drug-likeness (QED) is 0.504. The van der Waals surface area contributed by atoms with Gasteiger partial charge in [0.15, 0.2) is 0 Å². The fraction of sp³-hybridized carbons (Fsp3) is 1.00. The van der Waals surface area contributed by atoms with Gasteiger partial charge in [0.05, 0.1) is 12.7 Å². The van der Waals surface area contributed by atoms with Crippen LogP contribution in [0.2, 0.25) is 0 Å². The minimum absolute atomic E-state index is 0.104. The predicted molar refractivity (Wildman–Crippen MR) is 56.3 cm³/mol. The molecule has 1 heterocycles. The van der Waals surface area contributed by atoms with Crippen molar-refractivity contribution >= 4 is 0 Å². The molecule has 0 aromatic rings. The standard InChI is InChI=1S/C10H22N2O2/c13-9-10(14)3-1-2-6-12-7-4-11-5-8-12/h10-11,13-14H,1-9H2. The zero-order chi connectivity index (χ0) is 10.2. The van der Waals surface area contributed by atoms with Crippen molar-refractivity contribution in [2.24, 2.45) is 0 Å². The molecule has 4 heteroatoms. The van der Waals surface area contributed by atoms with Crippen molar-refractivity contribution in [2.45, 2.75) is 25.4 Å². The van der Waals surface area contributed by atoms with E-state index in [0.717, 1.165) is 52.0 Å². The number of hydrogen-bond acceptors (Lipinski definition) is 4. The second-order valence-corrected chi connectivity index (χ2v) is 3.92. The average Bonchev–Trinajstić information content (AvgIpc) is 2.25. The largest absolute Gasteiger partial charge is 0.394 e. The fourth-order valence-corrected chi connectivity index (χ4v) is 1.74. The van der Waals surface area contributed by atoms with Gasteiger partial charge in [-0.3, -0.25) is 0 Å². The van der Waals surface area contributed by atoms with E-state index >= 15 is 0 Å². The predicted octanol–water partition coefficient (Wildman–Crippen LogP) is -0.585. The molecule has 1 saturated heterocycles. The van der Waals surface area contributed by atoms with E-state index in [1.54, 1.807) is 0 Å². The first-order valence-electron chi connectivity index (χ1n) is 5.55. The topological polar surface area (TPSA) is 55.7 Å². The number of nitrogens with zero attached hydrogens (tertiary/aromatic N) is 1. The van der Waals surface area contributed by atoms with Crippen molar-refractivity contribution < 1.29 is 10.2 Å². The monoisotopic (exact) mass is 202 g/mol. The summed E-state index contributed by atoms with van der Waals surface area (Å²) in [5.41, 5.74) is 0. The fourth-order valence-electron chi connectivity index (χ4n) is 1.74. The van der Waals surface area contributed by atoms with Gasteiger partial charge in [-0.1, -0.05) is 0 Å². The maximum absolute atomic E-state index is 9.12. The summed E-state index contributed by atoms with van der Waals surface area (Å²) in [7, 11) is 0. The van der Waals surface area contributed by atoms with Crippen LogP contribution in [0.5, 0.6) is 0 Å². The minimum atomic E-state index is -0.516. The summed E-state index contributed by atoms with van der Waals surface area (Å²) < 4.78 is 0. The molecule has 0 aliphatic carbocycles. The van der Waals surface area contributed by atoms with E-state index in [1.807, 2.05) is 0 Å². The number of nitrogens with one attached hydrogen (secondary N) is 1. The van der Waals surface area contributed by atoms with Gasteiger partial charge in [0, 0.05) is 26.2 Å². The van der Waals surface area contributed by atoms with Gasteiger partial charge in [-0.05, 0) is 25.8 Å². The van der Waals surface area contributed by atoms with E-state index in [4.69, 9.17) is 10.2 Å². The molecule has 0 aromatic carbocycles. The molecule has 0 bridgehead atoms. The average molecular weight is 202 g/mol. The normalized spacial score (nSPS) is 21.0. The van der Waals surface area contributed by atoms with Crippen molar-refractivity contribution in [3.05, 3.63) is 0 Å². The first-order valence-corrected chi connectivity index (χ1v) is 5.55. The van der Waals surface area contributed by atoms with Crippen LogP contribution < -0.4 is 5.32 Å². The van der Waals surface area contributed by atoms with Gasteiger partial charge in [0.1, 0.15) is 0 Å². The van der Waals surface area contributed by atoms with Crippen LogP contribution in [-0.2, 0) is 0 Å². The maximum atomic E-state index is 9.12. The van der Waals surface area contributed by atoms with Gasteiger partial charge in [-0.25, -0.2) is 0 Å². The van der Waals surface area contributed by atoms with Crippen molar-refractivity contribution in [2.75, 3.05) is 39.3 Å². The lowest BCUT2D eigenvalue weighted by Crippen LogP contribution is -2.43. The van der Waals surface area contributed by atoms with Gasteiger partial charge in [-0.2, -0.15) is 0 Å². The van der Waals surface area contributed by atoms with Crippen LogP contribution in [0.1, 0.15) is 19.3 Å². The number of aliphatic hydroxyl groups is 2. The number of unbranched alkanes of at least 4 members (excludes halogenated alkanes) is 1. The van der Waals surface area contributed by atoms with Crippen LogP contribution in [0.4, 0.5) is 0 Å². The Balaban J connectivity index is 1.92. The zero-order valence-corrected chi connectivity index (χ0v) is 8.78. The molecule has 3 N–H and O–H groups in total. The third-order valence-electron chi connectivity index (χ3n) is 2.68. The highest BCUT2D eigenvalue weighted by Gasteiger charge is 2.08. The molecule has 0 radical (unpaired) electrons. The van der Waals surface area contributed by atoms with Crippen LogP contribution in [0.25, 0.3) is 0 Å². The van der Waals surface area contributed by atoms with Crippen LogP contribution in [0.15, 0.2) is 0 Å². The Hall–Kier alpha value is -0.160. The summed E-state index contributed by atoms with van der Waals surface area (Å²) in [6, 6.07) is 0. The van der Waals surface area contributed by atoms with Gasteiger partial charge >= 0.3 is 0 Å². The van der Waals surface area contributed by atoms with Crippen LogP contribution in [0, 0.1) is 0 Å². The lowest BCUT2D eigenvalue weighted by molar-refractivity contribution is 0.0851. The van der Waals surface area contributed by atoms with E-state index in [0.29, 0.717) is 0 Å². The molecule has 14 heavy (non-hydrogen) atoms. The van der Waals surface area contributed by atoms with E-state index in [-0.39, 0.29) is 6.61 Å². The molecule has 0 spiro atoms. The molecule has 0 saturated carbocycles. The highest BCUT2D eigenvalue weighted by molar-refractivity contribution is 4.67. The Morgan fingerprint density at radius 3 is 2.57 bits per heavy atom. The van der Waals surface area contributed by atoms with E-state index in [9.17, 15) is 0 Å². The van der Waals surface area contributed by atoms with Gasteiger partial charge in [-0.15, -0.1) is 0 Å². The molecule has 84 valence electrons. The number of piperazine rings is 1. The molecular weight excluding hydrogens is 180 g/mol. The van der Waals surface area contributed by atoms with Crippen molar-refractivity contribution in [1.82, 2.24) is 10.2 Å². The second-order valence-electron chi connectivity index (χ2n) is 3.92. The van der Waals surface area contributed by atoms with Crippen LogP contribution in [0.3, 0.4) is 0 Å². The molecular formula is C10H22N2O2. The smallest absolute Gasteiger partial charge is 0.0770 e. The molecule has 1 rings (SSSR count). The third-order valence-corrected chi connectivity index (χ3v) is 2.68. The highest BCUT2D eigenvalue weighted by atomic mass is 16.3. The molecule has 1 unspecified atom stereocenters. The summed E-state index contributed by atoms with van der Waals surface area (Å²) >= 11 is 0. The van der Waals surface area contributed by atoms with Crippen LogP contribution in [-0.4, -0.2) is 60.5 Å². The number of rotatable bonds is 6. The summed E-state index contributed by atoms with van der Waals surface area (Å²) in [6.45, 7) is 5.50. The number of hydrogen-bond donors (Lipinski definition) is 3. The Kier molecular flexibility index (Phi) is 6.10.